The molecule has 1 saturated heterocycles. The molecule has 0 bridgehead atoms. The number of likely N-dealkylation sites (tertiary alicyclic amines) is 1. The number of hydrogen-bond acceptors (Lipinski definition) is 2. The van der Waals surface area contributed by atoms with Gasteiger partial charge in [0.25, 0.3) is 0 Å². The molecule has 0 aliphatic carbocycles. The molecule has 0 spiro atoms. The van der Waals surface area contributed by atoms with Crippen LogP contribution in [0.1, 0.15) is 38.2 Å². The van der Waals surface area contributed by atoms with E-state index in [1.165, 1.54) is 5.56 Å². The highest BCUT2D eigenvalue weighted by atomic mass is 16.4. The Morgan fingerprint density at radius 3 is 2.67 bits per heavy atom. The fraction of sp³-hybridized carbons (Fsp3) is 0.500. The third kappa shape index (κ3) is 4.21. The van der Waals surface area contributed by atoms with Crippen molar-refractivity contribution in [2.24, 2.45) is 0 Å². The van der Waals surface area contributed by atoms with E-state index in [-0.39, 0.29) is 18.5 Å². The van der Waals surface area contributed by atoms with E-state index in [2.05, 4.69) is 12.2 Å². The quantitative estimate of drug-likeness (QED) is 0.875. The van der Waals surface area contributed by atoms with Crippen LogP contribution >= 0.6 is 0 Å². The number of nitrogens with one attached hydrogen (secondary N) is 1. The van der Waals surface area contributed by atoms with Gasteiger partial charge in [0.2, 0.25) is 0 Å². The zero-order chi connectivity index (χ0) is 15.2. The normalized spacial score (nSPS) is 17.8. The molecule has 0 aromatic heterocycles. The van der Waals surface area contributed by atoms with E-state index in [1.807, 2.05) is 24.3 Å². The van der Waals surface area contributed by atoms with Crippen molar-refractivity contribution in [2.45, 2.75) is 45.1 Å². The van der Waals surface area contributed by atoms with Gasteiger partial charge in [-0.3, -0.25) is 4.79 Å². The third-order valence-electron chi connectivity index (χ3n) is 3.79. The van der Waals surface area contributed by atoms with Gasteiger partial charge in [-0.15, -0.1) is 0 Å². The predicted octanol–water partition coefficient (Wildman–Crippen LogP) is 3.11. The summed E-state index contributed by atoms with van der Waals surface area (Å²) in [7, 11) is 0. The van der Waals surface area contributed by atoms with E-state index in [9.17, 15) is 9.59 Å². The molecule has 1 aromatic carbocycles. The van der Waals surface area contributed by atoms with Crippen molar-refractivity contribution in [3.8, 4) is 0 Å². The van der Waals surface area contributed by atoms with E-state index >= 15 is 0 Å². The number of benzene rings is 1. The summed E-state index contributed by atoms with van der Waals surface area (Å²) >= 11 is 0. The number of aliphatic carboxylic acids is 1. The first kappa shape index (κ1) is 15.4. The van der Waals surface area contributed by atoms with Gasteiger partial charge in [-0.05, 0) is 37.0 Å². The molecule has 2 rings (SSSR count). The van der Waals surface area contributed by atoms with Gasteiger partial charge in [-0.25, -0.2) is 4.79 Å². The topological polar surface area (TPSA) is 69.6 Å². The number of carbonyl (C=O) groups excluding carboxylic acids is 1. The number of anilines is 1. The molecule has 1 atom stereocenters. The molecule has 1 aliphatic heterocycles. The summed E-state index contributed by atoms with van der Waals surface area (Å²) in [4.78, 5) is 24.7. The Hall–Kier alpha value is -2.04. The van der Waals surface area contributed by atoms with Crippen molar-refractivity contribution in [1.82, 2.24) is 4.90 Å². The van der Waals surface area contributed by atoms with E-state index in [0.29, 0.717) is 6.54 Å². The van der Waals surface area contributed by atoms with Gasteiger partial charge in [0.15, 0.2) is 0 Å². The lowest BCUT2D eigenvalue weighted by Crippen LogP contribution is -2.39. The molecule has 0 saturated carbocycles. The van der Waals surface area contributed by atoms with Crippen LogP contribution in [0.2, 0.25) is 0 Å². The molecule has 0 radical (unpaired) electrons. The summed E-state index contributed by atoms with van der Waals surface area (Å²) in [6, 6.07) is 7.41. The molecule has 2 amide bonds. The van der Waals surface area contributed by atoms with E-state index in [4.69, 9.17) is 5.11 Å². The highest BCUT2D eigenvalue weighted by Crippen LogP contribution is 2.21. The first-order valence-corrected chi connectivity index (χ1v) is 7.48. The summed E-state index contributed by atoms with van der Waals surface area (Å²) in [5, 5.41) is 11.7. The number of urea groups is 1. The average molecular weight is 290 g/mol. The summed E-state index contributed by atoms with van der Waals surface area (Å²) in [6.07, 6.45) is 3.76. The highest BCUT2D eigenvalue weighted by molar-refractivity contribution is 5.90. The summed E-state index contributed by atoms with van der Waals surface area (Å²) in [6.45, 7) is 2.75. The Morgan fingerprint density at radius 1 is 1.33 bits per heavy atom. The number of rotatable bonds is 5. The van der Waals surface area contributed by atoms with Crippen LogP contribution < -0.4 is 5.32 Å². The SMILES string of the molecule is CCCc1ccc(NC(=O)N2CCCC2CC(=O)O)cc1. The Labute approximate surface area is 125 Å². The van der Waals surface area contributed by atoms with Crippen LogP contribution in [0.4, 0.5) is 10.5 Å². The monoisotopic (exact) mass is 290 g/mol. The summed E-state index contributed by atoms with van der Waals surface area (Å²) in [5.74, 6) is -0.858. The second-order valence-electron chi connectivity index (χ2n) is 5.46. The fourth-order valence-corrected chi connectivity index (χ4v) is 2.76. The second-order valence-corrected chi connectivity index (χ2v) is 5.46. The first-order chi connectivity index (χ1) is 10.1. The highest BCUT2D eigenvalue weighted by Gasteiger charge is 2.30. The zero-order valence-electron chi connectivity index (χ0n) is 12.3. The van der Waals surface area contributed by atoms with E-state index < -0.39 is 5.97 Å². The minimum Gasteiger partial charge on any atom is -0.481 e. The smallest absolute Gasteiger partial charge is 0.322 e. The van der Waals surface area contributed by atoms with Crippen molar-refractivity contribution in [3.05, 3.63) is 29.8 Å². The molecule has 1 fully saturated rings. The molecule has 1 heterocycles. The van der Waals surface area contributed by atoms with Gasteiger partial charge < -0.3 is 15.3 Å². The number of carboxylic acids is 1. The van der Waals surface area contributed by atoms with Crippen molar-refractivity contribution < 1.29 is 14.7 Å². The third-order valence-corrected chi connectivity index (χ3v) is 3.79. The van der Waals surface area contributed by atoms with E-state index in [0.717, 1.165) is 31.4 Å². The predicted molar refractivity (Wildman–Crippen MR) is 81.4 cm³/mol. The second kappa shape index (κ2) is 7.11. The minimum atomic E-state index is -0.858. The van der Waals surface area contributed by atoms with Gasteiger partial charge in [-0.1, -0.05) is 25.5 Å². The summed E-state index contributed by atoms with van der Waals surface area (Å²) in [5.41, 5.74) is 2.00. The number of carboxylic acid groups (broad SMARTS) is 1. The minimum absolute atomic E-state index is 0.0167. The Balaban J connectivity index is 1.95. The molecule has 1 aromatic rings. The maximum atomic E-state index is 12.2. The lowest BCUT2D eigenvalue weighted by Gasteiger charge is -2.23. The van der Waals surface area contributed by atoms with Gasteiger partial charge in [0, 0.05) is 18.3 Å². The van der Waals surface area contributed by atoms with Gasteiger partial charge in [0.05, 0.1) is 6.42 Å². The van der Waals surface area contributed by atoms with Gasteiger partial charge >= 0.3 is 12.0 Å². The lowest BCUT2D eigenvalue weighted by atomic mass is 10.1. The molecule has 5 nitrogen and oxygen atoms in total. The maximum Gasteiger partial charge on any atom is 0.322 e. The Kier molecular flexibility index (Phi) is 5.20. The van der Waals surface area contributed by atoms with Crippen LogP contribution in [0.15, 0.2) is 24.3 Å². The standard InChI is InChI=1S/C16H22N2O3/c1-2-4-12-6-8-13(9-7-12)17-16(21)18-10-3-5-14(18)11-15(19)20/h6-9,14H,2-5,10-11H2,1H3,(H,17,21)(H,19,20). The van der Waals surface area contributed by atoms with Crippen molar-refractivity contribution in [1.29, 1.82) is 0 Å². The molecular formula is C16H22N2O3. The van der Waals surface area contributed by atoms with E-state index in [1.54, 1.807) is 4.90 Å². The number of hydrogen-bond donors (Lipinski definition) is 2. The van der Waals surface area contributed by atoms with Gasteiger partial charge in [0.1, 0.15) is 0 Å². The van der Waals surface area contributed by atoms with Crippen LogP contribution in [0.5, 0.6) is 0 Å². The molecule has 5 heteroatoms. The number of amides is 2. The molecule has 114 valence electrons. The fourth-order valence-electron chi connectivity index (χ4n) is 2.76. The van der Waals surface area contributed by atoms with Crippen molar-refractivity contribution in [2.75, 3.05) is 11.9 Å². The van der Waals surface area contributed by atoms with Crippen molar-refractivity contribution in [3.63, 3.8) is 0 Å². The van der Waals surface area contributed by atoms with Gasteiger partial charge in [-0.2, -0.15) is 0 Å². The number of aryl methyl sites for hydroxylation is 1. The molecule has 21 heavy (non-hydrogen) atoms. The Bertz CT molecular complexity index is 499. The van der Waals surface area contributed by atoms with Crippen LogP contribution in [0.3, 0.4) is 0 Å². The van der Waals surface area contributed by atoms with Crippen LogP contribution in [-0.2, 0) is 11.2 Å². The molecular weight excluding hydrogens is 268 g/mol. The van der Waals surface area contributed by atoms with Crippen LogP contribution in [0.25, 0.3) is 0 Å². The average Bonchev–Trinajstić information content (AvgIpc) is 2.88. The summed E-state index contributed by atoms with van der Waals surface area (Å²) < 4.78 is 0. The maximum absolute atomic E-state index is 12.2. The lowest BCUT2D eigenvalue weighted by molar-refractivity contribution is -0.137. The molecule has 2 N–H and O–H groups in total. The first-order valence-electron chi connectivity index (χ1n) is 7.48. The van der Waals surface area contributed by atoms with Crippen molar-refractivity contribution >= 4 is 17.7 Å². The number of nitrogens with zero attached hydrogens (tertiary/aromatic N) is 1. The Morgan fingerprint density at radius 2 is 2.05 bits per heavy atom. The molecule has 1 unspecified atom stereocenters. The largest absolute Gasteiger partial charge is 0.481 e. The zero-order valence-corrected chi connectivity index (χ0v) is 12.3. The van der Waals surface area contributed by atoms with Crippen LogP contribution in [-0.4, -0.2) is 34.6 Å². The van der Waals surface area contributed by atoms with Crippen LogP contribution in [0, 0.1) is 0 Å². The molecule has 1 aliphatic rings. The number of carbonyl (C=O) groups is 2.